The summed E-state index contributed by atoms with van der Waals surface area (Å²) in [5.41, 5.74) is 0.953. The van der Waals surface area contributed by atoms with E-state index in [0.29, 0.717) is 12.6 Å². The number of amides is 1. The highest BCUT2D eigenvalue weighted by atomic mass is 79.9. The first-order valence-electron chi connectivity index (χ1n) is 7.75. The van der Waals surface area contributed by atoms with Crippen molar-refractivity contribution in [2.45, 2.75) is 64.6 Å². The lowest BCUT2D eigenvalue weighted by Gasteiger charge is -2.27. The first-order chi connectivity index (χ1) is 10.2. The lowest BCUT2D eigenvalue weighted by Crippen LogP contribution is -2.42. The summed E-state index contributed by atoms with van der Waals surface area (Å²) in [6, 6.07) is 2.80. The molecule has 124 valence electrons. The quantitative estimate of drug-likeness (QED) is 0.803. The summed E-state index contributed by atoms with van der Waals surface area (Å²) in [6.07, 6.45) is 3.18. The minimum absolute atomic E-state index is 0.196. The number of aryl methyl sites for hydroxylation is 1. The van der Waals surface area contributed by atoms with Gasteiger partial charge in [0.2, 0.25) is 0 Å². The van der Waals surface area contributed by atoms with Crippen LogP contribution in [0.5, 0.6) is 0 Å². The molecule has 0 spiro atoms. The van der Waals surface area contributed by atoms with Crippen LogP contribution in [0, 0.1) is 0 Å². The number of thiophene rings is 1. The van der Waals surface area contributed by atoms with Gasteiger partial charge in [-0.3, -0.25) is 0 Å². The second kappa shape index (κ2) is 7.32. The molecule has 1 aromatic heterocycles. The van der Waals surface area contributed by atoms with Gasteiger partial charge >= 0.3 is 6.09 Å². The zero-order chi connectivity index (χ0) is 16.3. The number of hydrogen-bond acceptors (Lipinski definition) is 4. The molecule has 2 rings (SSSR count). The third-order valence-corrected chi connectivity index (χ3v) is 5.23. The Morgan fingerprint density at radius 1 is 1.55 bits per heavy atom. The molecule has 0 bridgehead atoms. The van der Waals surface area contributed by atoms with E-state index in [9.17, 15) is 4.79 Å². The fraction of sp³-hybridized carbons (Fsp3) is 0.688. The highest BCUT2D eigenvalue weighted by molar-refractivity contribution is 9.11. The largest absolute Gasteiger partial charge is 0.444 e. The van der Waals surface area contributed by atoms with Crippen molar-refractivity contribution in [3.63, 3.8) is 0 Å². The topological polar surface area (TPSA) is 50.4 Å². The molecule has 6 heteroatoms. The predicted octanol–water partition coefficient (Wildman–Crippen LogP) is 4.39. The maximum atomic E-state index is 11.7. The molecule has 1 amide bonds. The van der Waals surface area contributed by atoms with Crippen molar-refractivity contribution < 1.29 is 9.53 Å². The van der Waals surface area contributed by atoms with Crippen LogP contribution >= 0.6 is 27.3 Å². The van der Waals surface area contributed by atoms with Gasteiger partial charge < -0.3 is 15.4 Å². The Hall–Kier alpha value is -0.590. The minimum atomic E-state index is -0.456. The van der Waals surface area contributed by atoms with Crippen LogP contribution in [-0.2, 0) is 11.2 Å². The van der Waals surface area contributed by atoms with Gasteiger partial charge in [-0.15, -0.1) is 11.3 Å². The monoisotopic (exact) mass is 388 g/mol. The Bertz CT molecular complexity index is 525. The van der Waals surface area contributed by atoms with Crippen molar-refractivity contribution in [3.8, 4) is 0 Å². The normalized spacial score (nSPS) is 19.4. The van der Waals surface area contributed by atoms with E-state index in [4.69, 9.17) is 4.74 Å². The van der Waals surface area contributed by atoms with Gasteiger partial charge in [-0.2, -0.15) is 0 Å². The molecule has 2 atom stereocenters. The van der Waals surface area contributed by atoms with E-state index in [-0.39, 0.29) is 12.1 Å². The van der Waals surface area contributed by atoms with E-state index in [1.807, 2.05) is 32.1 Å². The van der Waals surface area contributed by atoms with Crippen molar-refractivity contribution in [2.24, 2.45) is 0 Å². The van der Waals surface area contributed by atoms with Gasteiger partial charge in [0, 0.05) is 23.5 Å². The standard InChI is InChI=1S/C16H25BrN2O2S/c1-10(9-18-15(20)21-16(2,3)4)19-12-6-5-7-13-11(12)8-14(17)22-13/h8,10,12,19H,5-7,9H2,1-4H3,(H,18,20). The molecule has 0 aliphatic heterocycles. The molecular weight excluding hydrogens is 364 g/mol. The van der Waals surface area contributed by atoms with E-state index < -0.39 is 5.60 Å². The van der Waals surface area contributed by atoms with E-state index >= 15 is 0 Å². The van der Waals surface area contributed by atoms with Crippen LogP contribution in [0.25, 0.3) is 0 Å². The van der Waals surface area contributed by atoms with Crippen molar-refractivity contribution in [3.05, 3.63) is 20.3 Å². The summed E-state index contributed by atoms with van der Waals surface area (Å²) in [7, 11) is 0. The van der Waals surface area contributed by atoms with Gasteiger partial charge in [0.05, 0.1) is 3.79 Å². The zero-order valence-corrected chi connectivity index (χ0v) is 16.1. The predicted molar refractivity (Wildman–Crippen MR) is 94.5 cm³/mol. The highest BCUT2D eigenvalue weighted by Crippen LogP contribution is 2.38. The average molecular weight is 389 g/mol. The molecule has 2 unspecified atom stereocenters. The SMILES string of the molecule is CC(CNC(=O)OC(C)(C)C)NC1CCCc2sc(Br)cc21. The Morgan fingerprint density at radius 3 is 2.95 bits per heavy atom. The molecule has 2 N–H and O–H groups in total. The first kappa shape index (κ1) is 17.8. The zero-order valence-electron chi connectivity index (χ0n) is 13.7. The van der Waals surface area contributed by atoms with Crippen LogP contribution in [0.4, 0.5) is 4.79 Å². The average Bonchev–Trinajstić information content (AvgIpc) is 2.76. The molecule has 4 nitrogen and oxygen atoms in total. The highest BCUT2D eigenvalue weighted by Gasteiger charge is 2.24. The second-order valence-electron chi connectivity index (χ2n) is 6.82. The number of alkyl carbamates (subject to hydrolysis) is 1. The maximum Gasteiger partial charge on any atom is 0.407 e. The molecule has 1 aliphatic carbocycles. The number of ether oxygens (including phenoxy) is 1. The molecule has 1 aliphatic rings. The molecule has 0 aromatic carbocycles. The van der Waals surface area contributed by atoms with Gasteiger partial charge in [0.1, 0.15) is 5.60 Å². The molecule has 0 fully saturated rings. The Balaban J connectivity index is 1.83. The smallest absolute Gasteiger partial charge is 0.407 e. The minimum Gasteiger partial charge on any atom is -0.444 e. The molecule has 0 saturated heterocycles. The fourth-order valence-corrected chi connectivity index (χ4v) is 4.47. The number of nitrogens with one attached hydrogen (secondary N) is 2. The number of carbonyl (C=O) groups is 1. The van der Waals surface area contributed by atoms with Crippen LogP contribution < -0.4 is 10.6 Å². The molecule has 0 radical (unpaired) electrons. The summed E-state index contributed by atoms with van der Waals surface area (Å²) in [4.78, 5) is 13.2. The Labute approximate surface area is 145 Å². The van der Waals surface area contributed by atoms with E-state index in [0.717, 1.165) is 6.42 Å². The van der Waals surface area contributed by atoms with E-state index in [1.54, 1.807) is 0 Å². The second-order valence-corrected chi connectivity index (χ2v) is 9.34. The van der Waals surface area contributed by atoms with E-state index in [2.05, 4.69) is 39.6 Å². The van der Waals surface area contributed by atoms with Crippen LogP contribution in [0.15, 0.2) is 9.85 Å². The number of rotatable bonds is 4. The summed E-state index contributed by atoms with van der Waals surface area (Å²) in [6.45, 7) is 8.25. The third kappa shape index (κ3) is 5.25. The Kier molecular flexibility index (Phi) is 5.91. The number of hydrogen-bond donors (Lipinski definition) is 2. The van der Waals surface area contributed by atoms with E-state index in [1.165, 1.54) is 27.1 Å². The summed E-state index contributed by atoms with van der Waals surface area (Å²) >= 11 is 5.41. The first-order valence-corrected chi connectivity index (χ1v) is 9.36. The lowest BCUT2D eigenvalue weighted by atomic mass is 9.93. The van der Waals surface area contributed by atoms with Gasteiger partial charge in [-0.25, -0.2) is 4.79 Å². The van der Waals surface area contributed by atoms with Crippen LogP contribution in [0.3, 0.4) is 0 Å². The lowest BCUT2D eigenvalue weighted by molar-refractivity contribution is 0.0522. The van der Waals surface area contributed by atoms with Gasteiger partial charge in [0.25, 0.3) is 0 Å². The molecule has 22 heavy (non-hydrogen) atoms. The van der Waals surface area contributed by atoms with Crippen molar-refractivity contribution in [1.29, 1.82) is 0 Å². The maximum absolute atomic E-state index is 11.7. The molecular formula is C16H25BrN2O2S. The molecule has 0 saturated carbocycles. The summed E-state index contributed by atoms with van der Waals surface area (Å²) in [5.74, 6) is 0. The van der Waals surface area contributed by atoms with Crippen LogP contribution in [-0.4, -0.2) is 24.3 Å². The number of halogens is 1. The van der Waals surface area contributed by atoms with Crippen LogP contribution in [0.2, 0.25) is 0 Å². The van der Waals surface area contributed by atoms with Crippen molar-refractivity contribution in [2.75, 3.05) is 6.54 Å². The summed E-state index contributed by atoms with van der Waals surface area (Å²) in [5, 5.41) is 6.45. The van der Waals surface area contributed by atoms with Gasteiger partial charge in [-0.05, 0) is 74.5 Å². The van der Waals surface area contributed by atoms with Crippen LogP contribution in [0.1, 0.15) is 57.0 Å². The third-order valence-electron chi connectivity index (χ3n) is 3.52. The number of carbonyl (C=O) groups excluding carboxylic acids is 1. The van der Waals surface area contributed by atoms with Crippen molar-refractivity contribution in [1.82, 2.24) is 10.6 Å². The van der Waals surface area contributed by atoms with Crippen molar-refractivity contribution >= 4 is 33.4 Å². The van der Waals surface area contributed by atoms with Gasteiger partial charge in [-0.1, -0.05) is 0 Å². The fourth-order valence-electron chi connectivity index (χ4n) is 2.65. The van der Waals surface area contributed by atoms with Gasteiger partial charge in [0.15, 0.2) is 0 Å². The summed E-state index contributed by atoms with van der Waals surface area (Å²) < 4.78 is 6.46. The Morgan fingerprint density at radius 2 is 2.27 bits per heavy atom. The number of fused-ring (bicyclic) bond motifs is 1. The molecule has 1 aromatic rings. The molecule has 1 heterocycles.